The Labute approximate surface area is 195 Å². The van der Waals surface area contributed by atoms with E-state index in [4.69, 9.17) is 26.0 Å². The van der Waals surface area contributed by atoms with Crippen LogP contribution in [0.4, 0.5) is 11.4 Å². The van der Waals surface area contributed by atoms with E-state index in [0.29, 0.717) is 16.6 Å². The minimum Gasteiger partial charge on any atom is -0.438 e. The standard InChI is InChI=1S/C28H18ClN3O/c29-22-13-7-8-14-23(22)30-20-15-16-24-21(17-20)25-26(18-9-3-1-4-10-18)31-27(32-28(25)33-24)19-11-5-2-6-12-19/h1-17,30H. The third kappa shape index (κ3) is 3.60. The summed E-state index contributed by atoms with van der Waals surface area (Å²) in [4.78, 5) is 9.76. The summed E-state index contributed by atoms with van der Waals surface area (Å²) in [6.07, 6.45) is 0. The summed E-state index contributed by atoms with van der Waals surface area (Å²) in [7, 11) is 0. The number of hydrogen-bond acceptors (Lipinski definition) is 4. The maximum Gasteiger partial charge on any atom is 0.231 e. The van der Waals surface area contributed by atoms with Gasteiger partial charge < -0.3 is 9.73 Å². The first-order valence-electron chi connectivity index (χ1n) is 10.6. The highest BCUT2D eigenvalue weighted by Crippen LogP contribution is 2.38. The van der Waals surface area contributed by atoms with E-state index in [1.165, 1.54) is 0 Å². The van der Waals surface area contributed by atoms with Crippen molar-refractivity contribution >= 4 is 45.0 Å². The van der Waals surface area contributed by atoms with E-state index in [0.717, 1.165) is 44.6 Å². The molecule has 0 saturated heterocycles. The van der Waals surface area contributed by atoms with E-state index < -0.39 is 0 Å². The number of halogens is 1. The van der Waals surface area contributed by atoms with Crippen LogP contribution in [0.1, 0.15) is 0 Å². The van der Waals surface area contributed by atoms with Gasteiger partial charge in [-0.25, -0.2) is 4.98 Å². The molecule has 6 rings (SSSR count). The van der Waals surface area contributed by atoms with E-state index in [1.54, 1.807) is 0 Å². The smallest absolute Gasteiger partial charge is 0.231 e. The van der Waals surface area contributed by atoms with E-state index >= 15 is 0 Å². The molecule has 0 aliphatic carbocycles. The number of anilines is 2. The number of aromatic nitrogens is 2. The predicted molar refractivity (Wildman–Crippen MR) is 135 cm³/mol. The summed E-state index contributed by atoms with van der Waals surface area (Å²) < 4.78 is 6.20. The zero-order valence-electron chi connectivity index (χ0n) is 17.5. The van der Waals surface area contributed by atoms with Gasteiger partial charge in [-0.05, 0) is 30.3 Å². The lowest BCUT2D eigenvalue weighted by molar-refractivity contribution is 0.653. The molecular weight excluding hydrogens is 430 g/mol. The molecule has 2 aromatic heterocycles. The van der Waals surface area contributed by atoms with Gasteiger partial charge in [0, 0.05) is 22.2 Å². The number of rotatable bonds is 4. The first-order chi connectivity index (χ1) is 16.3. The van der Waals surface area contributed by atoms with Crippen LogP contribution in [0.2, 0.25) is 5.02 Å². The second kappa shape index (κ2) is 8.08. The monoisotopic (exact) mass is 447 g/mol. The summed E-state index contributed by atoms with van der Waals surface area (Å²) in [5.74, 6) is 0.635. The molecular formula is C28H18ClN3O. The Morgan fingerprint density at radius 1 is 0.697 bits per heavy atom. The second-order valence-electron chi connectivity index (χ2n) is 7.73. The fraction of sp³-hybridized carbons (Fsp3) is 0. The molecule has 4 nitrogen and oxygen atoms in total. The molecule has 0 radical (unpaired) electrons. The molecule has 33 heavy (non-hydrogen) atoms. The zero-order valence-corrected chi connectivity index (χ0v) is 18.3. The van der Waals surface area contributed by atoms with Crippen LogP contribution in [0.25, 0.3) is 44.7 Å². The summed E-state index contributed by atoms with van der Waals surface area (Å²) in [6.45, 7) is 0. The maximum atomic E-state index is 6.35. The molecule has 0 spiro atoms. The van der Waals surface area contributed by atoms with E-state index in [2.05, 4.69) is 23.5 Å². The number of para-hydroxylation sites is 1. The Kier molecular flexibility index (Phi) is 4.78. The molecule has 2 heterocycles. The summed E-state index contributed by atoms with van der Waals surface area (Å²) in [5, 5.41) is 5.90. The Morgan fingerprint density at radius 2 is 1.39 bits per heavy atom. The van der Waals surface area contributed by atoms with Gasteiger partial charge in [0.05, 0.1) is 21.8 Å². The van der Waals surface area contributed by atoms with E-state index in [1.807, 2.05) is 84.9 Å². The van der Waals surface area contributed by atoms with Crippen molar-refractivity contribution in [3.05, 3.63) is 108 Å². The fourth-order valence-electron chi connectivity index (χ4n) is 3.99. The van der Waals surface area contributed by atoms with E-state index in [-0.39, 0.29) is 0 Å². The van der Waals surface area contributed by atoms with Crippen molar-refractivity contribution in [2.24, 2.45) is 0 Å². The van der Waals surface area contributed by atoms with Gasteiger partial charge in [0.2, 0.25) is 5.71 Å². The molecule has 4 aromatic carbocycles. The summed E-state index contributed by atoms with van der Waals surface area (Å²) in [5.41, 5.74) is 5.86. The van der Waals surface area contributed by atoms with Crippen LogP contribution in [0.15, 0.2) is 108 Å². The van der Waals surface area contributed by atoms with Crippen molar-refractivity contribution in [2.45, 2.75) is 0 Å². The number of furan rings is 1. The number of fused-ring (bicyclic) bond motifs is 3. The van der Waals surface area contributed by atoms with Crippen molar-refractivity contribution in [3.63, 3.8) is 0 Å². The minimum absolute atomic E-state index is 0.563. The molecule has 1 N–H and O–H groups in total. The van der Waals surface area contributed by atoms with Crippen LogP contribution in [-0.2, 0) is 0 Å². The van der Waals surface area contributed by atoms with Gasteiger partial charge >= 0.3 is 0 Å². The lowest BCUT2D eigenvalue weighted by Gasteiger charge is -2.09. The largest absolute Gasteiger partial charge is 0.438 e. The summed E-state index contributed by atoms with van der Waals surface area (Å²) >= 11 is 6.35. The van der Waals surface area contributed by atoms with Crippen LogP contribution in [0.3, 0.4) is 0 Å². The third-order valence-corrected chi connectivity index (χ3v) is 5.89. The quantitative estimate of drug-likeness (QED) is 0.296. The Morgan fingerprint density at radius 3 is 2.15 bits per heavy atom. The molecule has 0 bridgehead atoms. The van der Waals surface area contributed by atoms with Gasteiger partial charge in [-0.1, -0.05) is 84.4 Å². The highest BCUT2D eigenvalue weighted by molar-refractivity contribution is 6.33. The maximum absolute atomic E-state index is 6.35. The van der Waals surface area contributed by atoms with Crippen molar-refractivity contribution in [3.8, 4) is 22.6 Å². The predicted octanol–water partition coefficient (Wildman–Crippen LogP) is 8.11. The molecule has 0 fully saturated rings. The second-order valence-corrected chi connectivity index (χ2v) is 8.13. The first-order valence-corrected chi connectivity index (χ1v) is 11.0. The van der Waals surface area contributed by atoms with Gasteiger partial charge in [0.15, 0.2) is 5.82 Å². The van der Waals surface area contributed by atoms with Gasteiger partial charge in [-0.2, -0.15) is 4.98 Å². The molecule has 158 valence electrons. The zero-order chi connectivity index (χ0) is 22.2. The highest BCUT2D eigenvalue weighted by atomic mass is 35.5. The van der Waals surface area contributed by atoms with Crippen LogP contribution in [0.5, 0.6) is 0 Å². The number of nitrogens with one attached hydrogen (secondary N) is 1. The van der Waals surface area contributed by atoms with Crippen LogP contribution in [0, 0.1) is 0 Å². The molecule has 5 heteroatoms. The van der Waals surface area contributed by atoms with Crippen LogP contribution in [-0.4, -0.2) is 9.97 Å². The van der Waals surface area contributed by atoms with Gasteiger partial charge in [0.25, 0.3) is 0 Å². The fourth-order valence-corrected chi connectivity index (χ4v) is 4.18. The molecule has 0 saturated carbocycles. The number of benzene rings is 4. The van der Waals surface area contributed by atoms with Crippen molar-refractivity contribution in [1.29, 1.82) is 0 Å². The number of hydrogen-bond donors (Lipinski definition) is 1. The van der Waals surface area contributed by atoms with Gasteiger partial charge in [0.1, 0.15) is 5.58 Å². The van der Waals surface area contributed by atoms with Gasteiger partial charge in [-0.3, -0.25) is 0 Å². The van der Waals surface area contributed by atoms with Crippen LogP contribution < -0.4 is 5.32 Å². The lowest BCUT2D eigenvalue weighted by Crippen LogP contribution is -1.94. The highest BCUT2D eigenvalue weighted by Gasteiger charge is 2.18. The first kappa shape index (κ1) is 19.5. The average molecular weight is 448 g/mol. The number of nitrogens with zero attached hydrogens (tertiary/aromatic N) is 2. The van der Waals surface area contributed by atoms with Crippen molar-refractivity contribution in [1.82, 2.24) is 9.97 Å². The summed E-state index contributed by atoms with van der Waals surface area (Å²) in [6, 6.07) is 33.7. The third-order valence-electron chi connectivity index (χ3n) is 5.56. The Bertz CT molecular complexity index is 1590. The lowest BCUT2D eigenvalue weighted by atomic mass is 10.1. The Balaban J connectivity index is 1.58. The van der Waals surface area contributed by atoms with Crippen molar-refractivity contribution in [2.75, 3.05) is 5.32 Å². The van der Waals surface area contributed by atoms with Gasteiger partial charge in [-0.15, -0.1) is 0 Å². The molecule has 0 atom stereocenters. The molecule has 0 aliphatic heterocycles. The molecule has 0 unspecified atom stereocenters. The van der Waals surface area contributed by atoms with Crippen LogP contribution >= 0.6 is 11.6 Å². The SMILES string of the molecule is Clc1ccccc1Nc1ccc2oc3nc(-c4ccccc4)nc(-c4ccccc4)c3c2c1. The average Bonchev–Trinajstić information content (AvgIpc) is 3.24. The topological polar surface area (TPSA) is 51.0 Å². The Hall–Kier alpha value is -4.15. The molecule has 6 aromatic rings. The normalized spacial score (nSPS) is 11.2. The van der Waals surface area contributed by atoms with E-state index in [9.17, 15) is 0 Å². The van der Waals surface area contributed by atoms with Crippen molar-refractivity contribution < 1.29 is 4.42 Å². The molecule has 0 amide bonds. The minimum atomic E-state index is 0.563. The molecule has 0 aliphatic rings.